The van der Waals surface area contributed by atoms with Gasteiger partial charge in [-0.2, -0.15) is 0 Å². The molecular formula is C19H24O3. The van der Waals surface area contributed by atoms with Gasteiger partial charge in [0.1, 0.15) is 5.78 Å². The van der Waals surface area contributed by atoms with E-state index in [1.807, 2.05) is 12.1 Å². The lowest BCUT2D eigenvalue weighted by atomic mass is 9.55. The molecule has 3 aliphatic rings. The van der Waals surface area contributed by atoms with Gasteiger partial charge in [0.2, 0.25) is 0 Å². The molecule has 22 heavy (non-hydrogen) atoms. The van der Waals surface area contributed by atoms with Crippen LogP contribution < -0.4 is 4.74 Å². The van der Waals surface area contributed by atoms with Crippen molar-refractivity contribution in [1.82, 2.24) is 0 Å². The van der Waals surface area contributed by atoms with E-state index in [1.165, 1.54) is 11.1 Å². The van der Waals surface area contributed by atoms with Crippen molar-refractivity contribution >= 4 is 5.78 Å². The van der Waals surface area contributed by atoms with Crippen molar-refractivity contribution in [3.8, 4) is 11.5 Å². The predicted molar refractivity (Wildman–Crippen MR) is 84.3 cm³/mol. The highest BCUT2D eigenvalue weighted by Gasteiger charge is 2.54. The Morgan fingerprint density at radius 2 is 2.05 bits per heavy atom. The van der Waals surface area contributed by atoms with Crippen molar-refractivity contribution in [2.24, 2.45) is 17.3 Å². The normalized spacial score (nSPS) is 36.5. The summed E-state index contributed by atoms with van der Waals surface area (Å²) in [4.78, 5) is 12.3. The van der Waals surface area contributed by atoms with Crippen LogP contribution in [0.3, 0.4) is 0 Å². The molecule has 0 heterocycles. The number of ketones is 1. The fraction of sp³-hybridized carbons (Fsp3) is 0.632. The molecule has 0 amide bonds. The van der Waals surface area contributed by atoms with Crippen LogP contribution in [0, 0.1) is 17.3 Å². The molecular weight excluding hydrogens is 276 g/mol. The summed E-state index contributed by atoms with van der Waals surface area (Å²) in [7, 11) is 1.61. The van der Waals surface area contributed by atoms with Crippen LogP contribution in [0.15, 0.2) is 12.1 Å². The molecule has 0 saturated heterocycles. The maximum absolute atomic E-state index is 12.3. The number of aryl methyl sites for hydroxylation is 1. The maximum Gasteiger partial charge on any atom is 0.160 e. The van der Waals surface area contributed by atoms with Crippen LogP contribution in [0.1, 0.15) is 56.1 Å². The first-order valence-corrected chi connectivity index (χ1v) is 8.47. The molecule has 3 aliphatic carbocycles. The minimum absolute atomic E-state index is 0.0698. The van der Waals surface area contributed by atoms with Gasteiger partial charge in [-0.15, -0.1) is 0 Å². The summed E-state index contributed by atoms with van der Waals surface area (Å²) in [6.07, 6.45) is 6.10. The van der Waals surface area contributed by atoms with Crippen LogP contribution in [0.25, 0.3) is 0 Å². The third kappa shape index (κ3) is 1.77. The summed E-state index contributed by atoms with van der Waals surface area (Å²) < 4.78 is 5.31. The number of carbonyl (C=O) groups is 1. The highest BCUT2D eigenvalue weighted by atomic mass is 16.5. The Morgan fingerprint density at radius 1 is 1.23 bits per heavy atom. The number of aromatic hydroxyl groups is 1. The van der Waals surface area contributed by atoms with Crippen molar-refractivity contribution in [2.45, 2.75) is 51.4 Å². The number of rotatable bonds is 1. The van der Waals surface area contributed by atoms with Gasteiger partial charge in [-0.3, -0.25) is 4.79 Å². The highest BCUT2D eigenvalue weighted by Crippen LogP contribution is 2.60. The van der Waals surface area contributed by atoms with Crippen molar-refractivity contribution in [2.75, 3.05) is 7.11 Å². The van der Waals surface area contributed by atoms with E-state index in [0.29, 0.717) is 29.3 Å². The number of benzene rings is 1. The molecule has 0 radical (unpaired) electrons. The Hall–Kier alpha value is -1.51. The first-order chi connectivity index (χ1) is 10.5. The fourth-order valence-electron chi connectivity index (χ4n) is 5.52. The number of ether oxygens (including phenoxy) is 1. The van der Waals surface area contributed by atoms with Crippen LogP contribution >= 0.6 is 0 Å². The Labute approximate surface area is 131 Å². The zero-order chi connectivity index (χ0) is 15.5. The number of methoxy groups -OCH3 is 1. The van der Waals surface area contributed by atoms with Crippen LogP contribution in [-0.2, 0) is 11.2 Å². The molecule has 118 valence electrons. The number of hydrogen-bond acceptors (Lipinski definition) is 3. The quantitative estimate of drug-likeness (QED) is 0.857. The monoisotopic (exact) mass is 300 g/mol. The topological polar surface area (TPSA) is 46.5 Å². The molecule has 3 nitrogen and oxygen atoms in total. The summed E-state index contributed by atoms with van der Waals surface area (Å²) in [6, 6.07) is 3.93. The average molecular weight is 300 g/mol. The van der Waals surface area contributed by atoms with Gasteiger partial charge in [0.15, 0.2) is 11.5 Å². The molecule has 1 aromatic rings. The summed E-state index contributed by atoms with van der Waals surface area (Å²) in [5.74, 6) is 3.01. The van der Waals surface area contributed by atoms with Gasteiger partial charge >= 0.3 is 0 Å². The second kappa shape index (κ2) is 4.74. The zero-order valence-corrected chi connectivity index (χ0v) is 13.4. The SMILES string of the molecule is COc1cc2c(cc1O)CCC1[C@@H]2CCC2(C)C(=O)CC[C@@H]12. The third-order valence-corrected chi connectivity index (χ3v) is 6.73. The molecule has 0 aliphatic heterocycles. The average Bonchev–Trinajstić information content (AvgIpc) is 2.82. The number of hydrogen-bond donors (Lipinski definition) is 1. The molecule has 0 bridgehead atoms. The lowest BCUT2D eigenvalue weighted by molar-refractivity contribution is -0.129. The first-order valence-electron chi connectivity index (χ1n) is 8.47. The molecule has 2 saturated carbocycles. The van der Waals surface area contributed by atoms with E-state index in [4.69, 9.17) is 4.74 Å². The standard InChI is InChI=1S/C19H24O3/c1-19-8-7-12-13(15(19)5-6-18(19)21)4-3-11-9-16(20)17(22-2)10-14(11)12/h9-10,12-13,15,20H,3-8H2,1-2H3/t12-,13?,15-,19?/m0/s1. The minimum Gasteiger partial charge on any atom is -0.504 e. The number of Topliss-reactive ketones (excluding diaryl/α,β-unsaturated/α-hetero) is 1. The Morgan fingerprint density at radius 3 is 2.82 bits per heavy atom. The largest absolute Gasteiger partial charge is 0.504 e. The number of fused-ring (bicyclic) bond motifs is 5. The van der Waals surface area contributed by atoms with E-state index in [9.17, 15) is 9.90 Å². The van der Waals surface area contributed by atoms with E-state index in [0.717, 1.165) is 38.5 Å². The number of carbonyl (C=O) groups excluding carboxylic acids is 1. The van der Waals surface area contributed by atoms with Crippen LogP contribution in [-0.4, -0.2) is 18.0 Å². The molecule has 2 unspecified atom stereocenters. The second-order valence-corrected chi connectivity index (χ2v) is 7.56. The first kappa shape index (κ1) is 14.1. The van der Waals surface area contributed by atoms with E-state index in [-0.39, 0.29) is 11.2 Å². The summed E-state index contributed by atoms with van der Waals surface area (Å²) in [5.41, 5.74) is 2.56. The van der Waals surface area contributed by atoms with Crippen molar-refractivity contribution < 1.29 is 14.6 Å². The van der Waals surface area contributed by atoms with Crippen LogP contribution in [0.5, 0.6) is 11.5 Å². The summed E-state index contributed by atoms with van der Waals surface area (Å²) in [6.45, 7) is 2.20. The van der Waals surface area contributed by atoms with Crippen molar-refractivity contribution in [3.63, 3.8) is 0 Å². The predicted octanol–water partition coefficient (Wildman–Crippen LogP) is 3.83. The molecule has 2 fully saturated rings. The zero-order valence-electron chi connectivity index (χ0n) is 13.4. The third-order valence-electron chi connectivity index (χ3n) is 6.73. The molecule has 4 atom stereocenters. The van der Waals surface area contributed by atoms with Gasteiger partial charge in [0.25, 0.3) is 0 Å². The Balaban J connectivity index is 1.74. The molecule has 3 heteroatoms. The minimum atomic E-state index is -0.0698. The molecule has 1 N–H and O–H groups in total. The van der Waals surface area contributed by atoms with Gasteiger partial charge in [-0.25, -0.2) is 0 Å². The molecule has 0 aromatic heterocycles. The van der Waals surface area contributed by atoms with Gasteiger partial charge in [-0.05, 0) is 73.1 Å². The van der Waals surface area contributed by atoms with E-state index in [2.05, 4.69) is 6.92 Å². The number of phenols is 1. The molecule has 0 spiro atoms. The van der Waals surface area contributed by atoms with E-state index >= 15 is 0 Å². The Kier molecular flexibility index (Phi) is 3.04. The Bertz CT molecular complexity index is 636. The molecule has 4 rings (SSSR count). The van der Waals surface area contributed by atoms with Gasteiger partial charge in [0, 0.05) is 11.8 Å². The lowest BCUT2D eigenvalue weighted by Gasteiger charge is -2.48. The fourth-order valence-corrected chi connectivity index (χ4v) is 5.52. The summed E-state index contributed by atoms with van der Waals surface area (Å²) >= 11 is 0. The van der Waals surface area contributed by atoms with Gasteiger partial charge in [0.05, 0.1) is 7.11 Å². The van der Waals surface area contributed by atoms with Crippen molar-refractivity contribution in [1.29, 1.82) is 0 Å². The molecule has 1 aromatic carbocycles. The smallest absolute Gasteiger partial charge is 0.160 e. The highest BCUT2D eigenvalue weighted by molar-refractivity contribution is 5.87. The lowest BCUT2D eigenvalue weighted by Crippen LogP contribution is -2.42. The maximum atomic E-state index is 12.3. The summed E-state index contributed by atoms with van der Waals surface area (Å²) in [5, 5.41) is 10.0. The van der Waals surface area contributed by atoms with Gasteiger partial charge < -0.3 is 9.84 Å². The van der Waals surface area contributed by atoms with E-state index < -0.39 is 0 Å². The van der Waals surface area contributed by atoms with Crippen molar-refractivity contribution in [3.05, 3.63) is 23.3 Å². The second-order valence-electron chi connectivity index (χ2n) is 7.56. The van der Waals surface area contributed by atoms with Crippen LogP contribution in [0.4, 0.5) is 0 Å². The van der Waals surface area contributed by atoms with E-state index in [1.54, 1.807) is 7.11 Å². The van der Waals surface area contributed by atoms with Crippen LogP contribution in [0.2, 0.25) is 0 Å². The number of phenolic OH excluding ortho intramolecular Hbond substituents is 1. The van der Waals surface area contributed by atoms with Gasteiger partial charge in [-0.1, -0.05) is 6.92 Å².